The molecule has 0 radical (unpaired) electrons. The van der Waals surface area contributed by atoms with Crippen LogP contribution in [0.25, 0.3) is 0 Å². The van der Waals surface area contributed by atoms with Gasteiger partial charge in [0, 0.05) is 23.3 Å². The van der Waals surface area contributed by atoms with Gasteiger partial charge in [-0.25, -0.2) is 0 Å². The Kier molecular flexibility index (Phi) is 3.73. The maximum atomic E-state index is 12.4. The summed E-state index contributed by atoms with van der Waals surface area (Å²) in [6.45, 7) is 0.450. The molecule has 0 aromatic heterocycles. The number of rotatable bonds is 4. The molecule has 2 rings (SSSR count). The van der Waals surface area contributed by atoms with Crippen molar-refractivity contribution >= 4 is 23.2 Å². The molecule has 0 aliphatic heterocycles. The van der Waals surface area contributed by atoms with Crippen molar-refractivity contribution in [2.45, 2.75) is 25.3 Å². The lowest BCUT2D eigenvalue weighted by Crippen LogP contribution is -2.34. The second-order valence-corrected chi connectivity index (χ2v) is 4.81. The minimum Gasteiger partial charge on any atom is -0.398 e. The summed E-state index contributed by atoms with van der Waals surface area (Å²) in [5.41, 5.74) is 6.65. The van der Waals surface area contributed by atoms with Crippen molar-refractivity contribution in [2.75, 3.05) is 12.3 Å². The number of hydrogen-bond acceptors (Lipinski definition) is 3. The maximum absolute atomic E-state index is 12.4. The van der Waals surface area contributed by atoms with Crippen molar-refractivity contribution in [2.24, 2.45) is 0 Å². The molecule has 94 valence electrons. The predicted molar refractivity (Wildman–Crippen MR) is 70.2 cm³/mol. The van der Waals surface area contributed by atoms with Gasteiger partial charge in [0.1, 0.15) is 0 Å². The van der Waals surface area contributed by atoms with E-state index >= 15 is 0 Å². The topological polar surface area (TPSA) is 70.1 Å². The van der Waals surface area contributed by atoms with Crippen molar-refractivity contribution < 1.29 is 4.79 Å². The van der Waals surface area contributed by atoms with E-state index in [9.17, 15) is 4.79 Å². The number of nitrogens with two attached hydrogens (primary N) is 1. The van der Waals surface area contributed by atoms with E-state index in [1.165, 1.54) is 0 Å². The fourth-order valence-electron chi connectivity index (χ4n) is 1.88. The number of carbonyl (C=O) groups is 1. The molecule has 1 aliphatic carbocycles. The van der Waals surface area contributed by atoms with Gasteiger partial charge in [-0.1, -0.05) is 11.6 Å². The van der Waals surface area contributed by atoms with Gasteiger partial charge in [-0.2, -0.15) is 5.26 Å². The third-order valence-electron chi connectivity index (χ3n) is 2.96. The van der Waals surface area contributed by atoms with Gasteiger partial charge in [-0.15, -0.1) is 0 Å². The van der Waals surface area contributed by atoms with Crippen molar-refractivity contribution in [1.29, 1.82) is 5.26 Å². The summed E-state index contributed by atoms with van der Waals surface area (Å²) in [5.74, 6) is -0.132. The second-order valence-electron chi connectivity index (χ2n) is 4.37. The number of nitrogens with zero attached hydrogens (tertiary/aromatic N) is 2. The van der Waals surface area contributed by atoms with Crippen molar-refractivity contribution in [3.05, 3.63) is 28.8 Å². The number of hydrogen-bond donors (Lipinski definition) is 1. The molecule has 2 N–H and O–H groups in total. The summed E-state index contributed by atoms with van der Waals surface area (Å²) in [6, 6.07) is 7.19. The molecule has 1 fully saturated rings. The average molecular weight is 264 g/mol. The van der Waals surface area contributed by atoms with Crippen LogP contribution in [0.5, 0.6) is 0 Å². The smallest absolute Gasteiger partial charge is 0.256 e. The fourth-order valence-corrected chi connectivity index (χ4v) is 2.05. The number of amides is 1. The van der Waals surface area contributed by atoms with Crippen LogP contribution in [0.15, 0.2) is 18.2 Å². The zero-order valence-corrected chi connectivity index (χ0v) is 10.7. The van der Waals surface area contributed by atoms with Crippen LogP contribution >= 0.6 is 11.6 Å². The second kappa shape index (κ2) is 5.28. The maximum Gasteiger partial charge on any atom is 0.256 e. The van der Waals surface area contributed by atoms with Crippen LogP contribution in [0.4, 0.5) is 5.69 Å². The van der Waals surface area contributed by atoms with Gasteiger partial charge in [0.05, 0.1) is 18.1 Å². The molecule has 0 spiro atoms. The summed E-state index contributed by atoms with van der Waals surface area (Å²) < 4.78 is 0. The van der Waals surface area contributed by atoms with Crippen LogP contribution in [-0.2, 0) is 0 Å². The van der Waals surface area contributed by atoms with Crippen LogP contribution in [0, 0.1) is 11.3 Å². The summed E-state index contributed by atoms with van der Waals surface area (Å²) in [4.78, 5) is 14.1. The molecule has 5 heteroatoms. The predicted octanol–water partition coefficient (Wildman–Crippen LogP) is 2.44. The number of anilines is 1. The Morgan fingerprint density at radius 2 is 2.28 bits per heavy atom. The molecule has 0 heterocycles. The van der Waals surface area contributed by atoms with Crippen molar-refractivity contribution in [1.82, 2.24) is 4.90 Å². The van der Waals surface area contributed by atoms with E-state index in [0.717, 1.165) is 12.8 Å². The normalized spacial score (nSPS) is 14.0. The highest BCUT2D eigenvalue weighted by Crippen LogP contribution is 2.30. The lowest BCUT2D eigenvalue weighted by molar-refractivity contribution is 0.0748. The van der Waals surface area contributed by atoms with Gasteiger partial charge < -0.3 is 10.6 Å². The number of benzene rings is 1. The van der Waals surface area contributed by atoms with Crippen LogP contribution < -0.4 is 5.73 Å². The van der Waals surface area contributed by atoms with E-state index in [-0.39, 0.29) is 11.9 Å². The Labute approximate surface area is 111 Å². The molecular weight excluding hydrogens is 250 g/mol. The highest BCUT2D eigenvalue weighted by molar-refractivity contribution is 6.31. The summed E-state index contributed by atoms with van der Waals surface area (Å²) in [6.07, 6.45) is 2.33. The van der Waals surface area contributed by atoms with Gasteiger partial charge in [0.2, 0.25) is 0 Å². The van der Waals surface area contributed by atoms with Crippen LogP contribution in [0.1, 0.15) is 29.6 Å². The first-order valence-corrected chi connectivity index (χ1v) is 6.24. The standard InChI is InChI=1S/C13H14ClN3O/c14-9-2-5-12(16)11(8-9)13(18)17(7-1-6-15)10-3-4-10/h2,5,8,10H,1,3-4,7,16H2. The van der Waals surface area contributed by atoms with E-state index in [2.05, 4.69) is 6.07 Å². The minimum atomic E-state index is -0.132. The van der Waals surface area contributed by atoms with Crippen LogP contribution in [-0.4, -0.2) is 23.4 Å². The van der Waals surface area contributed by atoms with Gasteiger partial charge in [0.25, 0.3) is 5.91 Å². The minimum absolute atomic E-state index is 0.132. The molecule has 1 aromatic rings. The monoisotopic (exact) mass is 263 g/mol. The zero-order valence-electron chi connectivity index (χ0n) is 9.90. The molecular formula is C13H14ClN3O. The molecule has 0 bridgehead atoms. The molecule has 0 saturated heterocycles. The highest BCUT2D eigenvalue weighted by Gasteiger charge is 2.33. The Bertz CT molecular complexity index is 505. The number of nitriles is 1. The molecule has 0 unspecified atom stereocenters. The first-order valence-electron chi connectivity index (χ1n) is 5.86. The third kappa shape index (κ3) is 2.74. The van der Waals surface area contributed by atoms with E-state index in [1.54, 1.807) is 23.1 Å². The van der Waals surface area contributed by atoms with Crippen molar-refractivity contribution in [3.8, 4) is 6.07 Å². The Balaban J connectivity index is 2.22. The Hall–Kier alpha value is -1.73. The Morgan fingerprint density at radius 3 is 2.89 bits per heavy atom. The summed E-state index contributed by atoms with van der Waals surface area (Å²) in [7, 11) is 0. The van der Waals surface area contributed by atoms with Gasteiger partial charge in [0.15, 0.2) is 0 Å². The summed E-state index contributed by atoms with van der Waals surface area (Å²) in [5, 5.41) is 9.12. The van der Waals surface area contributed by atoms with Crippen LogP contribution in [0.3, 0.4) is 0 Å². The zero-order chi connectivity index (χ0) is 13.1. The third-order valence-corrected chi connectivity index (χ3v) is 3.19. The number of nitrogen functional groups attached to an aromatic ring is 1. The largest absolute Gasteiger partial charge is 0.398 e. The molecule has 0 atom stereocenters. The molecule has 1 amide bonds. The highest BCUT2D eigenvalue weighted by atomic mass is 35.5. The molecule has 1 aromatic carbocycles. The lowest BCUT2D eigenvalue weighted by Gasteiger charge is -2.22. The SMILES string of the molecule is N#CCCN(C(=O)c1cc(Cl)ccc1N)C1CC1. The molecule has 4 nitrogen and oxygen atoms in total. The van der Waals surface area contributed by atoms with Gasteiger partial charge in [-0.3, -0.25) is 4.79 Å². The number of halogens is 1. The van der Waals surface area contributed by atoms with E-state index < -0.39 is 0 Å². The first kappa shape index (κ1) is 12.7. The first-order chi connectivity index (χ1) is 8.63. The van der Waals surface area contributed by atoms with Gasteiger partial charge >= 0.3 is 0 Å². The van der Waals surface area contributed by atoms with E-state index in [0.29, 0.717) is 29.2 Å². The van der Waals surface area contributed by atoms with E-state index in [4.69, 9.17) is 22.6 Å². The van der Waals surface area contributed by atoms with E-state index in [1.807, 2.05) is 0 Å². The number of carbonyl (C=O) groups excluding carboxylic acids is 1. The Morgan fingerprint density at radius 1 is 1.56 bits per heavy atom. The van der Waals surface area contributed by atoms with Crippen molar-refractivity contribution in [3.63, 3.8) is 0 Å². The lowest BCUT2D eigenvalue weighted by atomic mass is 10.1. The fraction of sp³-hybridized carbons (Fsp3) is 0.385. The quantitative estimate of drug-likeness (QED) is 0.848. The average Bonchev–Trinajstić information content (AvgIpc) is 3.17. The summed E-state index contributed by atoms with van der Waals surface area (Å²) >= 11 is 5.89. The van der Waals surface area contributed by atoms with Crippen LogP contribution in [0.2, 0.25) is 5.02 Å². The van der Waals surface area contributed by atoms with Gasteiger partial charge in [-0.05, 0) is 31.0 Å². The molecule has 1 aliphatic rings. The molecule has 18 heavy (non-hydrogen) atoms. The molecule has 1 saturated carbocycles.